The Morgan fingerprint density at radius 1 is 1.30 bits per heavy atom. The van der Waals surface area contributed by atoms with E-state index in [0.29, 0.717) is 6.54 Å². The van der Waals surface area contributed by atoms with Gasteiger partial charge in [-0.3, -0.25) is 9.59 Å². The number of nitrogens with one attached hydrogen (secondary N) is 1. The first kappa shape index (κ1) is 18.2. The van der Waals surface area contributed by atoms with Crippen molar-refractivity contribution in [1.29, 1.82) is 0 Å². The number of hydrogen-bond donors (Lipinski definition) is 2. The monoisotopic (exact) mass is 301 g/mol. The lowest BCUT2D eigenvalue weighted by atomic mass is 10.2. The van der Waals surface area contributed by atoms with Gasteiger partial charge in [-0.05, 0) is 17.7 Å². The summed E-state index contributed by atoms with van der Waals surface area (Å²) in [4.78, 5) is 24.2. The third-order valence-electron chi connectivity index (χ3n) is 2.63. The van der Waals surface area contributed by atoms with E-state index in [-0.39, 0.29) is 37.3 Å². The number of carbonyl (C=O) groups excluding carboxylic acids is 2. The lowest BCUT2D eigenvalue weighted by Gasteiger charge is -2.17. The number of halogens is 1. The van der Waals surface area contributed by atoms with E-state index in [2.05, 4.69) is 5.32 Å². The van der Waals surface area contributed by atoms with Crippen LogP contribution in [0, 0.1) is 0 Å². The van der Waals surface area contributed by atoms with Gasteiger partial charge in [0.2, 0.25) is 11.8 Å². The second kappa shape index (κ2) is 9.17. The Hall–Kier alpha value is -1.79. The number of ether oxygens (including phenoxy) is 1. The Morgan fingerprint density at radius 3 is 2.40 bits per heavy atom. The fourth-order valence-corrected chi connectivity index (χ4v) is 1.47. The molecule has 0 heterocycles. The van der Waals surface area contributed by atoms with Gasteiger partial charge in [-0.1, -0.05) is 12.1 Å². The predicted octanol–water partition coefficient (Wildman–Crippen LogP) is 0.150. The minimum absolute atomic E-state index is 0. The van der Waals surface area contributed by atoms with Crippen molar-refractivity contribution in [3.63, 3.8) is 0 Å². The van der Waals surface area contributed by atoms with Crippen LogP contribution in [-0.2, 0) is 16.1 Å². The first-order valence-electron chi connectivity index (χ1n) is 5.90. The van der Waals surface area contributed by atoms with Gasteiger partial charge in [-0.25, -0.2) is 0 Å². The van der Waals surface area contributed by atoms with Gasteiger partial charge >= 0.3 is 0 Å². The van der Waals surface area contributed by atoms with E-state index in [9.17, 15) is 9.59 Å². The maximum Gasteiger partial charge on any atom is 0.242 e. The van der Waals surface area contributed by atoms with Gasteiger partial charge in [0.15, 0.2) is 0 Å². The predicted molar refractivity (Wildman–Crippen MR) is 78.8 cm³/mol. The van der Waals surface area contributed by atoms with Gasteiger partial charge in [0.05, 0.1) is 20.2 Å². The molecular formula is C13H20ClN3O3. The van der Waals surface area contributed by atoms with Gasteiger partial charge in [0, 0.05) is 13.6 Å². The van der Waals surface area contributed by atoms with Crippen molar-refractivity contribution in [2.75, 3.05) is 27.2 Å². The number of carbonyl (C=O) groups is 2. The molecule has 0 unspecified atom stereocenters. The average molecular weight is 302 g/mol. The standard InChI is InChI=1S/C13H19N3O3.ClH/c1-16(13(18)8-15-12(17)7-14)9-10-3-5-11(19-2)6-4-10;/h3-6H,7-9,14H2,1-2H3,(H,15,17);1H. The highest BCUT2D eigenvalue weighted by Crippen LogP contribution is 2.12. The zero-order valence-corrected chi connectivity index (χ0v) is 12.4. The molecule has 0 fully saturated rings. The van der Waals surface area contributed by atoms with Crippen LogP contribution >= 0.6 is 12.4 Å². The van der Waals surface area contributed by atoms with Crippen LogP contribution in [0.5, 0.6) is 5.75 Å². The molecule has 20 heavy (non-hydrogen) atoms. The summed E-state index contributed by atoms with van der Waals surface area (Å²) >= 11 is 0. The van der Waals surface area contributed by atoms with Crippen LogP contribution in [0.2, 0.25) is 0 Å². The molecule has 1 aromatic rings. The van der Waals surface area contributed by atoms with E-state index in [1.165, 1.54) is 0 Å². The summed E-state index contributed by atoms with van der Waals surface area (Å²) in [5.41, 5.74) is 6.12. The van der Waals surface area contributed by atoms with Crippen LogP contribution in [0.4, 0.5) is 0 Å². The van der Waals surface area contributed by atoms with Crippen molar-refractivity contribution in [3.8, 4) is 5.75 Å². The Kier molecular flexibility index (Phi) is 8.35. The van der Waals surface area contributed by atoms with Gasteiger partial charge in [0.1, 0.15) is 5.75 Å². The molecule has 3 N–H and O–H groups in total. The number of rotatable bonds is 6. The van der Waals surface area contributed by atoms with Crippen molar-refractivity contribution in [1.82, 2.24) is 10.2 Å². The minimum Gasteiger partial charge on any atom is -0.497 e. The average Bonchev–Trinajstić information content (AvgIpc) is 2.44. The highest BCUT2D eigenvalue weighted by molar-refractivity contribution is 5.85. The Labute approximate surface area is 124 Å². The van der Waals surface area contributed by atoms with Gasteiger partial charge in [-0.2, -0.15) is 0 Å². The Balaban J connectivity index is 0.00000361. The highest BCUT2D eigenvalue weighted by Gasteiger charge is 2.10. The molecular weight excluding hydrogens is 282 g/mol. The van der Waals surface area contributed by atoms with Crippen molar-refractivity contribution in [3.05, 3.63) is 29.8 Å². The summed E-state index contributed by atoms with van der Waals surface area (Å²) in [6.07, 6.45) is 0. The molecule has 0 aliphatic carbocycles. The van der Waals surface area contributed by atoms with Crippen molar-refractivity contribution < 1.29 is 14.3 Å². The molecule has 0 radical (unpaired) electrons. The van der Waals surface area contributed by atoms with Crippen LogP contribution in [0.15, 0.2) is 24.3 Å². The quantitative estimate of drug-likeness (QED) is 0.783. The van der Waals surface area contributed by atoms with Gasteiger partial charge in [-0.15, -0.1) is 12.4 Å². The maximum atomic E-state index is 11.7. The fourth-order valence-electron chi connectivity index (χ4n) is 1.47. The fraction of sp³-hybridized carbons (Fsp3) is 0.385. The molecule has 7 heteroatoms. The van der Waals surface area contributed by atoms with Crippen molar-refractivity contribution in [2.45, 2.75) is 6.54 Å². The van der Waals surface area contributed by atoms with E-state index in [1.54, 1.807) is 19.1 Å². The highest BCUT2D eigenvalue weighted by atomic mass is 35.5. The Bertz CT molecular complexity index is 437. The lowest BCUT2D eigenvalue weighted by molar-refractivity contribution is -0.131. The zero-order valence-electron chi connectivity index (χ0n) is 11.6. The summed E-state index contributed by atoms with van der Waals surface area (Å²) in [5, 5.41) is 2.44. The molecule has 0 aliphatic heterocycles. The summed E-state index contributed by atoms with van der Waals surface area (Å²) in [6, 6.07) is 7.45. The molecule has 112 valence electrons. The van der Waals surface area contributed by atoms with Gasteiger partial charge < -0.3 is 20.7 Å². The maximum absolute atomic E-state index is 11.7. The molecule has 0 aliphatic rings. The first-order chi connectivity index (χ1) is 9.06. The number of hydrogen-bond acceptors (Lipinski definition) is 4. The van der Waals surface area contributed by atoms with Gasteiger partial charge in [0.25, 0.3) is 0 Å². The second-order valence-corrected chi connectivity index (χ2v) is 4.08. The molecule has 0 spiro atoms. The van der Waals surface area contributed by atoms with E-state index < -0.39 is 0 Å². The normalized spacial score (nSPS) is 9.35. The van der Waals surface area contributed by atoms with E-state index in [0.717, 1.165) is 11.3 Å². The largest absolute Gasteiger partial charge is 0.497 e. The van der Waals surface area contributed by atoms with Crippen LogP contribution in [0.1, 0.15) is 5.56 Å². The molecule has 0 aromatic heterocycles. The number of benzene rings is 1. The number of nitrogens with two attached hydrogens (primary N) is 1. The molecule has 0 atom stereocenters. The number of methoxy groups -OCH3 is 1. The van der Waals surface area contributed by atoms with Crippen LogP contribution in [0.3, 0.4) is 0 Å². The van der Waals surface area contributed by atoms with Crippen LogP contribution in [-0.4, -0.2) is 44.0 Å². The third kappa shape index (κ3) is 5.90. The summed E-state index contributed by atoms with van der Waals surface area (Å²) in [5.74, 6) is 0.261. The van der Waals surface area contributed by atoms with Crippen molar-refractivity contribution in [2.24, 2.45) is 5.73 Å². The molecule has 6 nitrogen and oxygen atoms in total. The van der Waals surface area contributed by atoms with E-state index in [1.807, 2.05) is 24.3 Å². The summed E-state index contributed by atoms with van der Waals surface area (Å²) in [7, 11) is 3.28. The topological polar surface area (TPSA) is 84.7 Å². The molecule has 2 amide bonds. The molecule has 0 saturated heterocycles. The minimum atomic E-state index is -0.341. The number of amides is 2. The lowest BCUT2D eigenvalue weighted by Crippen LogP contribution is -2.40. The van der Waals surface area contributed by atoms with E-state index in [4.69, 9.17) is 10.5 Å². The summed E-state index contributed by atoms with van der Waals surface area (Å²) in [6.45, 7) is 0.319. The molecule has 0 saturated carbocycles. The number of nitrogens with zero attached hydrogens (tertiary/aromatic N) is 1. The smallest absolute Gasteiger partial charge is 0.242 e. The third-order valence-corrected chi connectivity index (χ3v) is 2.63. The van der Waals surface area contributed by atoms with Crippen LogP contribution < -0.4 is 15.8 Å². The Morgan fingerprint density at radius 2 is 1.90 bits per heavy atom. The zero-order chi connectivity index (χ0) is 14.3. The second-order valence-electron chi connectivity index (χ2n) is 4.08. The van der Waals surface area contributed by atoms with E-state index >= 15 is 0 Å². The molecule has 1 aromatic carbocycles. The van der Waals surface area contributed by atoms with Crippen LogP contribution in [0.25, 0.3) is 0 Å². The number of likely N-dealkylation sites (N-methyl/N-ethyl adjacent to an activating group) is 1. The first-order valence-corrected chi connectivity index (χ1v) is 5.90. The SMILES string of the molecule is COc1ccc(CN(C)C(=O)CNC(=O)CN)cc1.Cl. The molecule has 0 bridgehead atoms. The summed E-state index contributed by atoms with van der Waals surface area (Å²) < 4.78 is 5.06. The molecule has 1 rings (SSSR count). The van der Waals surface area contributed by atoms with Crippen molar-refractivity contribution >= 4 is 24.2 Å².